The summed E-state index contributed by atoms with van der Waals surface area (Å²) in [6, 6.07) is 0.449. The second-order valence-corrected chi connectivity index (χ2v) is 7.30. The molecule has 1 aromatic heterocycles. The minimum Gasteiger partial charge on any atom is -0.444 e. The van der Waals surface area contributed by atoms with Crippen LogP contribution in [0.5, 0.6) is 0 Å². The lowest BCUT2D eigenvalue weighted by molar-refractivity contribution is 0.0390. The average Bonchev–Trinajstić information content (AvgIpc) is 2.80. The Morgan fingerprint density at radius 1 is 1.43 bits per heavy atom. The van der Waals surface area contributed by atoms with E-state index in [9.17, 15) is 5.11 Å². The van der Waals surface area contributed by atoms with Crippen LogP contribution in [0.1, 0.15) is 46.3 Å². The van der Waals surface area contributed by atoms with Crippen LogP contribution in [0.2, 0.25) is 0 Å². The van der Waals surface area contributed by atoms with E-state index in [0.717, 1.165) is 44.4 Å². The molecule has 2 atom stereocenters. The van der Waals surface area contributed by atoms with E-state index in [0.29, 0.717) is 6.04 Å². The van der Waals surface area contributed by atoms with Crippen LogP contribution < -0.4 is 0 Å². The summed E-state index contributed by atoms with van der Waals surface area (Å²) in [4.78, 5) is 9.13. The molecular weight excluding hydrogens is 266 g/mol. The van der Waals surface area contributed by atoms with Gasteiger partial charge in [-0.05, 0) is 13.8 Å². The van der Waals surface area contributed by atoms with Crippen LogP contribution in [-0.4, -0.2) is 58.2 Å². The maximum atomic E-state index is 9.52. The van der Waals surface area contributed by atoms with Crippen molar-refractivity contribution in [2.45, 2.75) is 58.7 Å². The third-order valence-electron chi connectivity index (χ3n) is 4.00. The number of oxazole rings is 1. The zero-order valence-corrected chi connectivity index (χ0v) is 14.0. The van der Waals surface area contributed by atoms with E-state index in [2.05, 4.69) is 42.5 Å². The van der Waals surface area contributed by atoms with E-state index in [1.54, 1.807) is 0 Å². The van der Waals surface area contributed by atoms with Crippen LogP contribution in [-0.2, 0) is 12.0 Å². The molecule has 0 bridgehead atoms. The van der Waals surface area contributed by atoms with E-state index in [1.165, 1.54) is 0 Å². The Labute approximate surface area is 127 Å². The van der Waals surface area contributed by atoms with Gasteiger partial charge in [0.15, 0.2) is 0 Å². The first kappa shape index (κ1) is 16.5. The molecule has 0 saturated carbocycles. The molecule has 1 aliphatic heterocycles. The highest BCUT2D eigenvalue weighted by Crippen LogP contribution is 2.23. The van der Waals surface area contributed by atoms with Crippen molar-refractivity contribution in [2.75, 3.05) is 26.2 Å². The number of aliphatic hydroxyl groups is 1. The lowest BCUT2D eigenvalue weighted by Crippen LogP contribution is -2.53. The Hall–Kier alpha value is -0.910. The predicted octanol–water partition coefficient (Wildman–Crippen LogP) is 1.86. The molecule has 120 valence electrons. The van der Waals surface area contributed by atoms with E-state index >= 15 is 0 Å². The first-order chi connectivity index (χ1) is 9.75. The average molecular weight is 295 g/mol. The van der Waals surface area contributed by atoms with Crippen LogP contribution in [0.3, 0.4) is 0 Å². The summed E-state index contributed by atoms with van der Waals surface area (Å²) in [6.07, 6.45) is 1.59. The van der Waals surface area contributed by atoms with Crippen molar-refractivity contribution in [1.82, 2.24) is 14.8 Å². The molecule has 0 aromatic carbocycles. The first-order valence-electron chi connectivity index (χ1n) is 7.85. The predicted molar refractivity (Wildman–Crippen MR) is 83.2 cm³/mol. The van der Waals surface area contributed by atoms with Gasteiger partial charge in [0.2, 0.25) is 5.89 Å². The standard InChI is InChI=1S/C16H29N3O2/c1-12-9-18(6-7-19(12)10-13(2)20)11-15-17-8-14(21-15)16(3,4)5/h8,12-13,20H,6-7,9-11H2,1-5H3/t12-,13+/m1/s1. The van der Waals surface area contributed by atoms with Crippen LogP contribution in [0.4, 0.5) is 0 Å². The minimum atomic E-state index is -0.264. The second kappa shape index (κ2) is 6.46. The van der Waals surface area contributed by atoms with Gasteiger partial charge in [-0.15, -0.1) is 0 Å². The van der Waals surface area contributed by atoms with E-state index in [1.807, 2.05) is 13.1 Å². The third kappa shape index (κ3) is 4.53. The largest absolute Gasteiger partial charge is 0.444 e. The van der Waals surface area contributed by atoms with Crippen molar-refractivity contribution in [3.63, 3.8) is 0 Å². The van der Waals surface area contributed by atoms with Gasteiger partial charge in [-0.3, -0.25) is 9.80 Å². The molecule has 0 radical (unpaired) electrons. The number of hydrogen-bond acceptors (Lipinski definition) is 5. The Balaban J connectivity index is 1.89. The van der Waals surface area contributed by atoms with Crippen molar-refractivity contribution in [1.29, 1.82) is 0 Å². The van der Waals surface area contributed by atoms with Gasteiger partial charge in [-0.1, -0.05) is 20.8 Å². The molecule has 1 N–H and O–H groups in total. The SMILES string of the molecule is C[C@H](O)CN1CCN(Cc2ncc(C(C)(C)C)o2)C[C@H]1C. The molecular formula is C16H29N3O2. The highest BCUT2D eigenvalue weighted by Gasteiger charge is 2.26. The number of aromatic nitrogens is 1. The van der Waals surface area contributed by atoms with Gasteiger partial charge in [0.1, 0.15) is 5.76 Å². The highest BCUT2D eigenvalue weighted by molar-refractivity contribution is 5.06. The van der Waals surface area contributed by atoms with Gasteiger partial charge in [0.05, 0.1) is 18.8 Å². The molecule has 1 aromatic rings. The molecule has 2 rings (SSSR count). The Kier molecular flexibility index (Phi) is 5.07. The zero-order chi connectivity index (χ0) is 15.6. The highest BCUT2D eigenvalue weighted by atomic mass is 16.4. The van der Waals surface area contributed by atoms with E-state index in [-0.39, 0.29) is 11.5 Å². The van der Waals surface area contributed by atoms with Gasteiger partial charge >= 0.3 is 0 Å². The monoisotopic (exact) mass is 295 g/mol. The Morgan fingerprint density at radius 2 is 2.14 bits per heavy atom. The van der Waals surface area contributed by atoms with Crippen molar-refractivity contribution in [3.8, 4) is 0 Å². The molecule has 1 saturated heterocycles. The normalized spacial score (nSPS) is 23.4. The molecule has 0 aliphatic carbocycles. The van der Waals surface area contributed by atoms with E-state index < -0.39 is 0 Å². The number of piperazine rings is 1. The molecule has 0 unspecified atom stereocenters. The van der Waals surface area contributed by atoms with Crippen LogP contribution in [0.15, 0.2) is 10.6 Å². The van der Waals surface area contributed by atoms with Crippen LogP contribution in [0.25, 0.3) is 0 Å². The number of rotatable bonds is 4. The molecule has 5 heteroatoms. The molecule has 1 aliphatic rings. The molecule has 1 fully saturated rings. The van der Waals surface area contributed by atoms with Crippen molar-refractivity contribution >= 4 is 0 Å². The quantitative estimate of drug-likeness (QED) is 0.919. The fraction of sp³-hybridized carbons (Fsp3) is 0.812. The Morgan fingerprint density at radius 3 is 2.67 bits per heavy atom. The lowest BCUT2D eigenvalue weighted by atomic mass is 9.94. The molecule has 21 heavy (non-hydrogen) atoms. The van der Waals surface area contributed by atoms with Gasteiger partial charge in [0.25, 0.3) is 0 Å². The second-order valence-electron chi connectivity index (χ2n) is 7.30. The summed E-state index contributed by atoms with van der Waals surface area (Å²) < 4.78 is 5.87. The maximum absolute atomic E-state index is 9.52. The number of β-amino-alcohol motifs (C(OH)–C–C–N with tert-alkyl or cyclic N) is 1. The van der Waals surface area contributed by atoms with Crippen molar-refractivity contribution < 1.29 is 9.52 Å². The summed E-state index contributed by atoms with van der Waals surface area (Å²) in [7, 11) is 0. The summed E-state index contributed by atoms with van der Waals surface area (Å²) in [6.45, 7) is 14.9. The van der Waals surface area contributed by atoms with Gasteiger partial charge in [-0.2, -0.15) is 0 Å². The van der Waals surface area contributed by atoms with Gasteiger partial charge < -0.3 is 9.52 Å². The lowest BCUT2D eigenvalue weighted by Gasteiger charge is -2.39. The number of nitrogens with zero attached hydrogens (tertiary/aromatic N) is 3. The summed E-state index contributed by atoms with van der Waals surface area (Å²) in [5.74, 6) is 1.74. The van der Waals surface area contributed by atoms with Gasteiger partial charge in [0, 0.05) is 37.6 Å². The first-order valence-corrected chi connectivity index (χ1v) is 7.85. The maximum Gasteiger partial charge on any atom is 0.208 e. The van der Waals surface area contributed by atoms with E-state index in [4.69, 9.17) is 4.42 Å². The fourth-order valence-corrected chi connectivity index (χ4v) is 2.75. The Bertz CT molecular complexity index is 451. The van der Waals surface area contributed by atoms with Crippen LogP contribution >= 0.6 is 0 Å². The van der Waals surface area contributed by atoms with Crippen molar-refractivity contribution in [2.24, 2.45) is 0 Å². The van der Waals surface area contributed by atoms with Gasteiger partial charge in [-0.25, -0.2) is 4.98 Å². The fourth-order valence-electron chi connectivity index (χ4n) is 2.75. The third-order valence-corrected chi connectivity index (χ3v) is 4.00. The van der Waals surface area contributed by atoms with Crippen molar-refractivity contribution in [3.05, 3.63) is 17.8 Å². The molecule has 2 heterocycles. The summed E-state index contributed by atoms with van der Waals surface area (Å²) in [5, 5.41) is 9.52. The summed E-state index contributed by atoms with van der Waals surface area (Å²) in [5.41, 5.74) is 0.00844. The van der Waals surface area contributed by atoms with Crippen LogP contribution in [0, 0.1) is 0 Å². The topological polar surface area (TPSA) is 52.7 Å². The minimum absolute atomic E-state index is 0.00844. The summed E-state index contributed by atoms with van der Waals surface area (Å²) >= 11 is 0. The number of aliphatic hydroxyl groups excluding tert-OH is 1. The molecule has 0 spiro atoms. The molecule has 5 nitrogen and oxygen atoms in total. The molecule has 0 amide bonds. The number of hydrogen-bond donors (Lipinski definition) is 1. The zero-order valence-electron chi connectivity index (χ0n) is 14.0. The smallest absolute Gasteiger partial charge is 0.208 e.